The third-order valence-corrected chi connectivity index (χ3v) is 3.33. The van der Waals surface area contributed by atoms with E-state index in [2.05, 4.69) is 0 Å². The molecule has 1 aromatic carbocycles. The molecule has 0 radical (unpaired) electrons. The number of hydrogen-bond acceptors (Lipinski definition) is 2. The lowest BCUT2D eigenvalue weighted by atomic mass is 9.86. The zero-order valence-electron chi connectivity index (χ0n) is 8.90. The lowest BCUT2D eigenvalue weighted by Gasteiger charge is -2.20. The summed E-state index contributed by atoms with van der Waals surface area (Å²) in [7, 11) is 0. The molecule has 0 aromatic heterocycles. The van der Waals surface area contributed by atoms with Gasteiger partial charge in [0.05, 0.1) is 0 Å². The zero-order valence-corrected chi connectivity index (χ0v) is 8.90. The maximum absolute atomic E-state index is 12.8. The first-order valence-electron chi connectivity index (χ1n) is 5.40. The summed E-state index contributed by atoms with van der Waals surface area (Å²) >= 11 is 0. The van der Waals surface area contributed by atoms with Gasteiger partial charge in [0.15, 0.2) is 0 Å². The Hall–Kier alpha value is -1.42. The largest absolute Gasteiger partial charge is 0.369 e. The van der Waals surface area contributed by atoms with Crippen molar-refractivity contribution < 1.29 is 9.18 Å². The van der Waals surface area contributed by atoms with E-state index >= 15 is 0 Å². The number of carbonyl (C=O) groups is 1. The molecule has 86 valence electrons. The van der Waals surface area contributed by atoms with Crippen LogP contribution in [-0.4, -0.2) is 11.9 Å². The van der Waals surface area contributed by atoms with Gasteiger partial charge < -0.3 is 11.5 Å². The van der Waals surface area contributed by atoms with Gasteiger partial charge in [0.2, 0.25) is 5.91 Å². The third kappa shape index (κ3) is 1.93. The fourth-order valence-corrected chi connectivity index (χ4v) is 2.51. The molecular formula is C12H15FN2O. The second kappa shape index (κ2) is 4.22. The van der Waals surface area contributed by atoms with Crippen molar-refractivity contribution in [2.24, 2.45) is 17.4 Å². The van der Waals surface area contributed by atoms with Crippen molar-refractivity contribution in [3.63, 3.8) is 0 Å². The van der Waals surface area contributed by atoms with E-state index in [0.717, 1.165) is 18.4 Å². The van der Waals surface area contributed by atoms with E-state index in [1.807, 2.05) is 0 Å². The van der Waals surface area contributed by atoms with Crippen LogP contribution in [-0.2, 0) is 4.79 Å². The molecule has 1 aromatic rings. The van der Waals surface area contributed by atoms with E-state index in [4.69, 9.17) is 11.5 Å². The summed E-state index contributed by atoms with van der Waals surface area (Å²) in [5.74, 6) is -0.897. The number of primary amides is 1. The van der Waals surface area contributed by atoms with E-state index < -0.39 is 0 Å². The summed E-state index contributed by atoms with van der Waals surface area (Å²) in [5.41, 5.74) is 12.2. The topological polar surface area (TPSA) is 69.1 Å². The number of halogens is 1. The van der Waals surface area contributed by atoms with E-state index in [1.54, 1.807) is 12.1 Å². The first kappa shape index (κ1) is 11.1. The van der Waals surface area contributed by atoms with Gasteiger partial charge >= 0.3 is 0 Å². The molecule has 2 rings (SSSR count). The third-order valence-electron chi connectivity index (χ3n) is 3.33. The molecule has 0 spiro atoms. The Balaban J connectivity index is 2.29. The second-order valence-electron chi connectivity index (χ2n) is 4.33. The van der Waals surface area contributed by atoms with Crippen molar-refractivity contribution in [2.45, 2.75) is 24.8 Å². The summed E-state index contributed by atoms with van der Waals surface area (Å²) in [4.78, 5) is 11.3. The molecule has 3 nitrogen and oxygen atoms in total. The molecule has 1 aliphatic carbocycles. The number of hydrogen-bond donors (Lipinski definition) is 2. The predicted octanol–water partition coefficient (Wildman–Crippen LogP) is 1.13. The quantitative estimate of drug-likeness (QED) is 0.787. The van der Waals surface area contributed by atoms with Crippen LogP contribution >= 0.6 is 0 Å². The Labute approximate surface area is 93.6 Å². The summed E-state index contributed by atoms with van der Waals surface area (Å²) in [6.45, 7) is 0. The SMILES string of the molecule is NC(=O)[C@H]1CC[C@H](N)[C@@H]1c1ccc(F)cc1. The highest BCUT2D eigenvalue weighted by Gasteiger charge is 2.38. The Kier molecular flexibility index (Phi) is 2.92. The van der Waals surface area contributed by atoms with Crippen molar-refractivity contribution in [3.8, 4) is 0 Å². The van der Waals surface area contributed by atoms with E-state index in [1.165, 1.54) is 12.1 Å². The molecule has 0 saturated heterocycles. The second-order valence-corrected chi connectivity index (χ2v) is 4.33. The molecule has 4 N–H and O–H groups in total. The molecule has 1 fully saturated rings. The Morgan fingerprint density at radius 1 is 1.25 bits per heavy atom. The lowest BCUT2D eigenvalue weighted by Crippen LogP contribution is -2.32. The van der Waals surface area contributed by atoms with Gasteiger partial charge in [-0.3, -0.25) is 4.79 Å². The summed E-state index contributed by atoms with van der Waals surface area (Å²) in [5, 5.41) is 0. The number of amides is 1. The normalized spacial score (nSPS) is 29.2. The van der Waals surface area contributed by atoms with Crippen LogP contribution < -0.4 is 11.5 Å². The van der Waals surface area contributed by atoms with Gasteiger partial charge in [-0.15, -0.1) is 0 Å². The molecular weight excluding hydrogens is 207 g/mol. The van der Waals surface area contributed by atoms with Crippen LogP contribution in [0.1, 0.15) is 24.3 Å². The van der Waals surface area contributed by atoms with Crippen molar-refractivity contribution in [2.75, 3.05) is 0 Å². The molecule has 0 unspecified atom stereocenters. The van der Waals surface area contributed by atoms with Gasteiger partial charge in [-0.2, -0.15) is 0 Å². The summed E-state index contributed by atoms with van der Waals surface area (Å²) in [6.07, 6.45) is 1.51. The Bertz CT molecular complexity index is 391. The Morgan fingerprint density at radius 3 is 2.44 bits per heavy atom. The molecule has 1 amide bonds. The van der Waals surface area contributed by atoms with E-state index in [0.29, 0.717) is 0 Å². The fraction of sp³-hybridized carbons (Fsp3) is 0.417. The number of carbonyl (C=O) groups excluding carboxylic acids is 1. The van der Waals surface area contributed by atoms with Crippen LogP contribution in [0.3, 0.4) is 0 Å². The average Bonchev–Trinajstić information content (AvgIpc) is 2.62. The van der Waals surface area contributed by atoms with Crippen LogP contribution in [0.15, 0.2) is 24.3 Å². The van der Waals surface area contributed by atoms with Crippen molar-refractivity contribution in [1.82, 2.24) is 0 Å². The fourth-order valence-electron chi connectivity index (χ4n) is 2.51. The minimum atomic E-state index is -0.317. The monoisotopic (exact) mass is 222 g/mol. The Morgan fingerprint density at radius 2 is 1.88 bits per heavy atom. The van der Waals surface area contributed by atoms with Crippen LogP contribution in [0.4, 0.5) is 4.39 Å². The molecule has 0 aliphatic heterocycles. The maximum atomic E-state index is 12.8. The van der Waals surface area contributed by atoms with Crippen LogP contribution in [0.25, 0.3) is 0 Å². The molecule has 16 heavy (non-hydrogen) atoms. The van der Waals surface area contributed by atoms with Crippen molar-refractivity contribution >= 4 is 5.91 Å². The highest BCUT2D eigenvalue weighted by Crippen LogP contribution is 2.38. The van der Waals surface area contributed by atoms with Gasteiger partial charge in [-0.05, 0) is 30.5 Å². The maximum Gasteiger partial charge on any atom is 0.221 e. The molecule has 1 saturated carbocycles. The van der Waals surface area contributed by atoms with E-state index in [-0.39, 0.29) is 29.6 Å². The van der Waals surface area contributed by atoms with Gasteiger partial charge in [0.1, 0.15) is 5.82 Å². The van der Waals surface area contributed by atoms with E-state index in [9.17, 15) is 9.18 Å². The van der Waals surface area contributed by atoms with Crippen LogP contribution in [0.2, 0.25) is 0 Å². The van der Waals surface area contributed by atoms with Gasteiger partial charge in [-0.1, -0.05) is 12.1 Å². The van der Waals surface area contributed by atoms with Gasteiger partial charge in [-0.25, -0.2) is 4.39 Å². The molecule has 1 aliphatic rings. The number of nitrogens with two attached hydrogens (primary N) is 2. The zero-order chi connectivity index (χ0) is 11.7. The predicted molar refractivity (Wildman–Crippen MR) is 59.0 cm³/mol. The average molecular weight is 222 g/mol. The molecule has 0 heterocycles. The van der Waals surface area contributed by atoms with Gasteiger partial charge in [0.25, 0.3) is 0 Å². The lowest BCUT2D eigenvalue weighted by molar-refractivity contribution is -0.122. The number of rotatable bonds is 2. The van der Waals surface area contributed by atoms with Gasteiger partial charge in [0, 0.05) is 17.9 Å². The molecule has 3 atom stereocenters. The summed E-state index contributed by atoms with van der Waals surface area (Å²) in [6, 6.07) is 6.07. The highest BCUT2D eigenvalue weighted by atomic mass is 19.1. The van der Waals surface area contributed by atoms with Crippen LogP contribution in [0.5, 0.6) is 0 Å². The molecule has 4 heteroatoms. The first-order valence-corrected chi connectivity index (χ1v) is 5.40. The first-order chi connectivity index (χ1) is 7.59. The standard InChI is InChI=1S/C12H15FN2O/c13-8-3-1-7(2-4-8)11-9(12(15)16)5-6-10(11)14/h1-4,9-11H,5-6,14H2,(H2,15,16)/t9-,10-,11+/m0/s1. The molecule has 0 bridgehead atoms. The smallest absolute Gasteiger partial charge is 0.221 e. The highest BCUT2D eigenvalue weighted by molar-refractivity contribution is 5.78. The minimum absolute atomic E-state index is 0.0667. The number of benzene rings is 1. The summed E-state index contributed by atoms with van der Waals surface area (Å²) < 4.78 is 12.8. The van der Waals surface area contributed by atoms with Crippen molar-refractivity contribution in [1.29, 1.82) is 0 Å². The minimum Gasteiger partial charge on any atom is -0.369 e. The van der Waals surface area contributed by atoms with Crippen LogP contribution in [0, 0.1) is 11.7 Å². The van der Waals surface area contributed by atoms with Crippen molar-refractivity contribution in [3.05, 3.63) is 35.6 Å².